The van der Waals surface area contributed by atoms with E-state index >= 15 is 0 Å². The van der Waals surface area contributed by atoms with Gasteiger partial charge in [-0.1, -0.05) is 12.1 Å². The van der Waals surface area contributed by atoms with E-state index in [1.807, 2.05) is 12.1 Å². The third-order valence-electron chi connectivity index (χ3n) is 4.43. The highest BCUT2D eigenvalue weighted by atomic mass is 19.1. The van der Waals surface area contributed by atoms with Crippen molar-refractivity contribution in [2.75, 3.05) is 26.8 Å². The maximum atomic E-state index is 12.9. The summed E-state index contributed by atoms with van der Waals surface area (Å²) in [5, 5.41) is 10.7. The topological polar surface area (TPSA) is 59.0 Å². The first-order chi connectivity index (χ1) is 12.5. The van der Waals surface area contributed by atoms with Gasteiger partial charge in [-0.2, -0.15) is 0 Å². The number of likely N-dealkylation sites (tertiary alicyclic amines) is 1. The number of ether oxygens (including phenoxy) is 2. The minimum absolute atomic E-state index is 0.0477. The van der Waals surface area contributed by atoms with Crippen LogP contribution in [0.2, 0.25) is 0 Å². The lowest BCUT2D eigenvalue weighted by Gasteiger charge is -2.23. The molecule has 3 rings (SSSR count). The summed E-state index contributed by atoms with van der Waals surface area (Å²) in [7, 11) is 1.61. The number of hydrogen-bond acceptors (Lipinski definition) is 4. The Morgan fingerprint density at radius 3 is 2.77 bits per heavy atom. The number of carbonyl (C=O) groups is 1. The molecule has 0 unspecified atom stereocenters. The monoisotopic (exact) mass is 359 g/mol. The standard InChI is InChI=1S/C20H22FNO4/c1-25-12-15-3-2-4-16(11-15)19(23)22-10-9-20(24,13-22)14-26-18-7-5-17(21)6-8-18/h2-8,11,24H,9-10,12-14H2,1H3/t20-/m0/s1. The Hall–Kier alpha value is -2.44. The van der Waals surface area contributed by atoms with Gasteiger partial charge in [-0.15, -0.1) is 0 Å². The van der Waals surface area contributed by atoms with E-state index in [1.54, 1.807) is 24.1 Å². The quantitative estimate of drug-likeness (QED) is 0.861. The number of β-amino-alcohol motifs (C(OH)–C–C–N with tert-alkyl or cyclic N) is 1. The summed E-state index contributed by atoms with van der Waals surface area (Å²) in [5.41, 5.74) is 0.379. The van der Waals surface area contributed by atoms with Crippen LogP contribution in [0.5, 0.6) is 5.75 Å². The Morgan fingerprint density at radius 1 is 1.27 bits per heavy atom. The second-order valence-electron chi connectivity index (χ2n) is 6.58. The molecule has 0 aromatic heterocycles. The Morgan fingerprint density at radius 2 is 2.04 bits per heavy atom. The Bertz CT molecular complexity index is 765. The number of benzene rings is 2. The lowest BCUT2D eigenvalue weighted by molar-refractivity contribution is 0.00429. The van der Waals surface area contributed by atoms with Crippen molar-refractivity contribution in [2.45, 2.75) is 18.6 Å². The zero-order valence-corrected chi connectivity index (χ0v) is 14.7. The van der Waals surface area contributed by atoms with Gasteiger partial charge < -0.3 is 19.5 Å². The van der Waals surface area contributed by atoms with Crippen LogP contribution in [0.4, 0.5) is 4.39 Å². The van der Waals surface area contributed by atoms with Crippen LogP contribution in [-0.4, -0.2) is 48.3 Å². The number of nitrogens with zero attached hydrogens (tertiary/aromatic N) is 1. The van der Waals surface area contributed by atoms with Crippen LogP contribution in [0.15, 0.2) is 48.5 Å². The van der Waals surface area contributed by atoms with Gasteiger partial charge in [0.25, 0.3) is 5.91 Å². The van der Waals surface area contributed by atoms with E-state index in [0.29, 0.717) is 30.9 Å². The van der Waals surface area contributed by atoms with Crippen LogP contribution in [0.1, 0.15) is 22.3 Å². The summed E-state index contributed by atoms with van der Waals surface area (Å²) in [4.78, 5) is 14.3. The van der Waals surface area contributed by atoms with Crippen molar-refractivity contribution in [3.05, 3.63) is 65.5 Å². The first-order valence-electron chi connectivity index (χ1n) is 8.47. The van der Waals surface area contributed by atoms with Crippen LogP contribution in [-0.2, 0) is 11.3 Å². The highest BCUT2D eigenvalue weighted by molar-refractivity contribution is 5.94. The van der Waals surface area contributed by atoms with Crippen molar-refractivity contribution < 1.29 is 23.8 Å². The first-order valence-corrected chi connectivity index (χ1v) is 8.47. The lowest BCUT2D eigenvalue weighted by Crippen LogP contribution is -2.40. The van der Waals surface area contributed by atoms with E-state index in [9.17, 15) is 14.3 Å². The molecule has 1 saturated heterocycles. The molecular formula is C20H22FNO4. The van der Waals surface area contributed by atoms with Gasteiger partial charge >= 0.3 is 0 Å². The SMILES string of the molecule is COCc1cccc(C(=O)N2CC[C@@](O)(COc3ccc(F)cc3)C2)c1. The number of carbonyl (C=O) groups excluding carboxylic acids is 1. The van der Waals surface area contributed by atoms with Crippen LogP contribution < -0.4 is 4.74 Å². The van der Waals surface area contributed by atoms with Gasteiger partial charge in [-0.05, 0) is 48.4 Å². The summed E-state index contributed by atoms with van der Waals surface area (Å²) in [5.74, 6) is 0.0157. The van der Waals surface area contributed by atoms with E-state index in [1.165, 1.54) is 24.3 Å². The Balaban J connectivity index is 1.60. The molecule has 138 valence electrons. The van der Waals surface area contributed by atoms with Crippen molar-refractivity contribution in [1.29, 1.82) is 0 Å². The summed E-state index contributed by atoms with van der Waals surface area (Å²) >= 11 is 0. The molecule has 6 heteroatoms. The molecule has 1 atom stereocenters. The third kappa shape index (κ3) is 4.39. The predicted molar refractivity (Wildman–Crippen MR) is 94.5 cm³/mol. The van der Waals surface area contributed by atoms with Crippen molar-refractivity contribution in [3.63, 3.8) is 0 Å². The molecule has 1 amide bonds. The average molecular weight is 359 g/mol. The summed E-state index contributed by atoms with van der Waals surface area (Å²) in [6, 6.07) is 12.9. The zero-order chi connectivity index (χ0) is 18.6. The van der Waals surface area contributed by atoms with Gasteiger partial charge in [0.2, 0.25) is 0 Å². The second kappa shape index (κ2) is 7.85. The maximum absolute atomic E-state index is 12.9. The molecule has 1 aliphatic rings. The van der Waals surface area contributed by atoms with E-state index in [4.69, 9.17) is 9.47 Å². The van der Waals surface area contributed by atoms with Crippen molar-refractivity contribution in [1.82, 2.24) is 4.90 Å². The van der Waals surface area contributed by atoms with Crippen LogP contribution in [0.25, 0.3) is 0 Å². The molecule has 0 spiro atoms. The molecular weight excluding hydrogens is 337 g/mol. The molecule has 0 saturated carbocycles. The molecule has 5 nitrogen and oxygen atoms in total. The molecule has 2 aromatic rings. The zero-order valence-electron chi connectivity index (χ0n) is 14.7. The van der Waals surface area contributed by atoms with E-state index in [-0.39, 0.29) is 24.9 Å². The second-order valence-corrected chi connectivity index (χ2v) is 6.58. The number of aliphatic hydroxyl groups is 1. The summed E-state index contributed by atoms with van der Waals surface area (Å²) in [6.45, 7) is 1.14. The molecule has 1 N–H and O–H groups in total. The molecule has 1 heterocycles. The van der Waals surface area contributed by atoms with Crippen LogP contribution in [0.3, 0.4) is 0 Å². The minimum atomic E-state index is -1.12. The van der Waals surface area contributed by atoms with Gasteiger partial charge in [0.05, 0.1) is 13.2 Å². The highest BCUT2D eigenvalue weighted by Gasteiger charge is 2.39. The summed E-state index contributed by atoms with van der Waals surface area (Å²) in [6.07, 6.45) is 0.428. The van der Waals surface area contributed by atoms with E-state index < -0.39 is 5.60 Å². The van der Waals surface area contributed by atoms with Crippen LogP contribution >= 0.6 is 0 Å². The van der Waals surface area contributed by atoms with E-state index in [2.05, 4.69) is 0 Å². The van der Waals surface area contributed by atoms with Gasteiger partial charge in [0, 0.05) is 19.2 Å². The number of amides is 1. The molecule has 0 bridgehead atoms. The fourth-order valence-corrected chi connectivity index (χ4v) is 3.04. The van der Waals surface area contributed by atoms with Gasteiger partial charge in [0.1, 0.15) is 23.8 Å². The Kier molecular flexibility index (Phi) is 5.54. The third-order valence-corrected chi connectivity index (χ3v) is 4.43. The largest absolute Gasteiger partial charge is 0.491 e. The smallest absolute Gasteiger partial charge is 0.253 e. The molecule has 0 aliphatic carbocycles. The van der Waals surface area contributed by atoms with Crippen molar-refractivity contribution in [2.24, 2.45) is 0 Å². The van der Waals surface area contributed by atoms with Gasteiger partial charge in [-0.25, -0.2) is 4.39 Å². The predicted octanol–water partition coefficient (Wildman–Crippen LogP) is 2.63. The number of methoxy groups -OCH3 is 1. The fourth-order valence-electron chi connectivity index (χ4n) is 3.04. The molecule has 2 aromatic carbocycles. The maximum Gasteiger partial charge on any atom is 0.253 e. The molecule has 0 radical (unpaired) electrons. The summed E-state index contributed by atoms with van der Waals surface area (Å²) < 4.78 is 23.6. The lowest BCUT2D eigenvalue weighted by atomic mass is 10.1. The van der Waals surface area contributed by atoms with Crippen molar-refractivity contribution >= 4 is 5.91 Å². The van der Waals surface area contributed by atoms with Crippen molar-refractivity contribution in [3.8, 4) is 5.75 Å². The number of halogens is 1. The fraction of sp³-hybridized carbons (Fsp3) is 0.350. The first kappa shape index (κ1) is 18.4. The minimum Gasteiger partial charge on any atom is -0.491 e. The Labute approximate surface area is 152 Å². The average Bonchev–Trinajstić information content (AvgIpc) is 3.04. The molecule has 1 fully saturated rings. The highest BCUT2D eigenvalue weighted by Crippen LogP contribution is 2.25. The number of hydrogen-bond donors (Lipinski definition) is 1. The van der Waals surface area contributed by atoms with E-state index in [0.717, 1.165) is 5.56 Å². The molecule has 1 aliphatic heterocycles. The molecule has 26 heavy (non-hydrogen) atoms. The van der Waals surface area contributed by atoms with Gasteiger partial charge in [0.15, 0.2) is 0 Å². The normalized spacial score (nSPS) is 19.6. The van der Waals surface area contributed by atoms with Gasteiger partial charge in [-0.3, -0.25) is 4.79 Å². The number of rotatable bonds is 6. The van der Waals surface area contributed by atoms with Crippen LogP contribution in [0, 0.1) is 5.82 Å².